The number of aryl methyl sites for hydroxylation is 2. The van der Waals surface area contributed by atoms with Crippen LogP contribution >= 0.6 is 24.0 Å². The Kier molecular flexibility index (Phi) is 6.53. The molecule has 2 aromatic carbocycles. The molecule has 6 heteroatoms. The van der Waals surface area contributed by atoms with Gasteiger partial charge in [0.1, 0.15) is 11.6 Å². The first-order valence-electron chi connectivity index (χ1n) is 7.74. The highest BCUT2D eigenvalue weighted by Gasteiger charge is 2.10. The summed E-state index contributed by atoms with van der Waals surface area (Å²) < 4.78 is 26.6. The van der Waals surface area contributed by atoms with Crippen LogP contribution in [0.2, 0.25) is 0 Å². The van der Waals surface area contributed by atoms with Crippen LogP contribution in [0.4, 0.5) is 14.5 Å². The van der Waals surface area contributed by atoms with Gasteiger partial charge in [0.15, 0.2) is 5.96 Å². The van der Waals surface area contributed by atoms with Gasteiger partial charge in [-0.2, -0.15) is 0 Å². The fourth-order valence-corrected chi connectivity index (χ4v) is 2.87. The van der Waals surface area contributed by atoms with Crippen molar-refractivity contribution in [3.8, 4) is 0 Å². The number of rotatable bonds is 4. The maximum atomic E-state index is 13.5. The molecule has 1 aliphatic rings. The topological polar surface area (TPSA) is 50.4 Å². The zero-order valence-electron chi connectivity index (χ0n) is 13.2. The Hall–Kier alpha value is -1.70. The summed E-state index contributed by atoms with van der Waals surface area (Å²) in [6.07, 6.45) is 3.73. The number of anilines is 1. The fourth-order valence-electron chi connectivity index (χ4n) is 2.87. The average Bonchev–Trinajstić information content (AvgIpc) is 2.98. The molecule has 0 saturated heterocycles. The van der Waals surface area contributed by atoms with E-state index in [2.05, 4.69) is 22.4 Å². The molecule has 0 unspecified atom stereocenters. The van der Waals surface area contributed by atoms with Crippen LogP contribution in [0.15, 0.2) is 41.4 Å². The van der Waals surface area contributed by atoms with Crippen molar-refractivity contribution in [2.75, 3.05) is 11.9 Å². The molecule has 2 aromatic rings. The molecular formula is C18H20F2IN3. The number of halogens is 3. The van der Waals surface area contributed by atoms with E-state index in [1.54, 1.807) is 0 Å². The van der Waals surface area contributed by atoms with Crippen LogP contribution in [-0.2, 0) is 19.3 Å². The van der Waals surface area contributed by atoms with Crippen molar-refractivity contribution >= 4 is 35.6 Å². The van der Waals surface area contributed by atoms with Crippen molar-refractivity contribution in [1.82, 2.24) is 0 Å². The Morgan fingerprint density at radius 1 is 1.08 bits per heavy atom. The van der Waals surface area contributed by atoms with Gasteiger partial charge in [0.2, 0.25) is 0 Å². The molecule has 0 aromatic heterocycles. The number of fused-ring (bicyclic) bond motifs is 1. The lowest BCUT2D eigenvalue weighted by atomic mass is 10.1. The molecule has 0 bridgehead atoms. The Balaban J connectivity index is 0.00000208. The van der Waals surface area contributed by atoms with Crippen molar-refractivity contribution in [2.24, 2.45) is 10.7 Å². The lowest BCUT2D eigenvalue weighted by Crippen LogP contribution is -2.23. The van der Waals surface area contributed by atoms with Gasteiger partial charge in [-0.15, -0.1) is 24.0 Å². The highest BCUT2D eigenvalue weighted by Crippen LogP contribution is 2.24. The summed E-state index contributed by atoms with van der Waals surface area (Å²) in [6.45, 7) is 0.296. The first-order chi connectivity index (χ1) is 11.1. The highest BCUT2D eigenvalue weighted by atomic mass is 127. The Morgan fingerprint density at radius 2 is 1.88 bits per heavy atom. The van der Waals surface area contributed by atoms with E-state index < -0.39 is 11.6 Å². The van der Waals surface area contributed by atoms with Crippen LogP contribution in [-0.4, -0.2) is 12.5 Å². The third-order valence-corrected chi connectivity index (χ3v) is 4.04. The first kappa shape index (κ1) is 18.6. The fraction of sp³-hybridized carbons (Fsp3) is 0.278. The van der Waals surface area contributed by atoms with Crippen molar-refractivity contribution < 1.29 is 8.78 Å². The molecule has 0 fully saturated rings. The first-order valence-corrected chi connectivity index (χ1v) is 7.74. The van der Waals surface area contributed by atoms with E-state index in [9.17, 15) is 8.78 Å². The predicted octanol–water partition coefficient (Wildman–Crippen LogP) is 4.04. The summed E-state index contributed by atoms with van der Waals surface area (Å²) in [6, 6.07) is 9.61. The van der Waals surface area contributed by atoms with Crippen LogP contribution in [0.25, 0.3) is 0 Å². The minimum atomic E-state index is -0.449. The smallest absolute Gasteiger partial charge is 0.193 e. The van der Waals surface area contributed by atoms with E-state index in [4.69, 9.17) is 5.73 Å². The summed E-state index contributed by atoms with van der Waals surface area (Å²) in [5.41, 5.74) is 9.81. The Morgan fingerprint density at radius 3 is 2.71 bits per heavy atom. The number of hydrogen-bond donors (Lipinski definition) is 2. The van der Waals surface area contributed by atoms with Crippen LogP contribution in [0.5, 0.6) is 0 Å². The SMILES string of the molecule is I.NC(=NCCc1cc(F)ccc1F)Nc1ccc2c(c1)CCC2. The summed E-state index contributed by atoms with van der Waals surface area (Å²) in [7, 11) is 0. The molecule has 24 heavy (non-hydrogen) atoms. The van der Waals surface area contributed by atoms with E-state index >= 15 is 0 Å². The van der Waals surface area contributed by atoms with Crippen LogP contribution in [0.1, 0.15) is 23.1 Å². The zero-order valence-corrected chi connectivity index (χ0v) is 15.5. The van der Waals surface area contributed by atoms with Gasteiger partial charge < -0.3 is 11.1 Å². The number of benzene rings is 2. The van der Waals surface area contributed by atoms with Gasteiger partial charge in [0, 0.05) is 12.2 Å². The molecule has 1 aliphatic carbocycles. The van der Waals surface area contributed by atoms with Gasteiger partial charge in [-0.3, -0.25) is 4.99 Å². The summed E-state index contributed by atoms with van der Waals surface area (Å²) in [4.78, 5) is 4.17. The molecule has 0 aliphatic heterocycles. The minimum absolute atomic E-state index is 0. The van der Waals surface area contributed by atoms with Crippen molar-refractivity contribution in [3.05, 3.63) is 64.7 Å². The molecule has 0 radical (unpaired) electrons. The molecule has 3 rings (SSSR count). The lowest BCUT2D eigenvalue weighted by molar-refractivity contribution is 0.585. The van der Waals surface area contributed by atoms with E-state index in [1.165, 1.54) is 23.6 Å². The third kappa shape index (κ3) is 4.66. The Bertz CT molecular complexity index is 747. The summed E-state index contributed by atoms with van der Waals surface area (Å²) in [5.74, 6) is -0.596. The number of guanidine groups is 1. The highest BCUT2D eigenvalue weighted by molar-refractivity contribution is 14.0. The van der Waals surface area contributed by atoms with E-state index in [0.29, 0.717) is 18.5 Å². The molecule has 0 atom stereocenters. The Labute approximate surface area is 157 Å². The molecular weight excluding hydrogens is 423 g/mol. The van der Waals surface area contributed by atoms with Crippen LogP contribution in [0.3, 0.4) is 0 Å². The molecule has 3 N–H and O–H groups in total. The van der Waals surface area contributed by atoms with Crippen LogP contribution in [0, 0.1) is 11.6 Å². The van der Waals surface area contributed by atoms with E-state index in [-0.39, 0.29) is 29.9 Å². The third-order valence-electron chi connectivity index (χ3n) is 4.04. The number of nitrogens with zero attached hydrogens (tertiary/aromatic N) is 1. The summed E-state index contributed by atoms with van der Waals surface area (Å²) in [5, 5.41) is 3.04. The van der Waals surface area contributed by atoms with Gasteiger partial charge in [0.05, 0.1) is 0 Å². The lowest BCUT2D eigenvalue weighted by Gasteiger charge is -2.08. The van der Waals surface area contributed by atoms with E-state index in [1.807, 2.05) is 6.07 Å². The molecule has 0 spiro atoms. The molecule has 0 saturated carbocycles. The van der Waals surface area contributed by atoms with Crippen molar-refractivity contribution in [2.45, 2.75) is 25.7 Å². The maximum Gasteiger partial charge on any atom is 0.193 e. The second kappa shape index (κ2) is 8.41. The zero-order chi connectivity index (χ0) is 16.2. The monoisotopic (exact) mass is 443 g/mol. The maximum absolute atomic E-state index is 13.5. The molecule has 0 amide bonds. The van der Waals surface area contributed by atoms with Gasteiger partial charge in [-0.05, 0) is 72.7 Å². The normalized spacial score (nSPS) is 13.3. The second-order valence-electron chi connectivity index (χ2n) is 5.71. The quantitative estimate of drug-likeness (QED) is 0.426. The average molecular weight is 443 g/mol. The van der Waals surface area contributed by atoms with Crippen molar-refractivity contribution in [1.29, 1.82) is 0 Å². The minimum Gasteiger partial charge on any atom is -0.370 e. The van der Waals surface area contributed by atoms with E-state index in [0.717, 1.165) is 30.7 Å². The van der Waals surface area contributed by atoms with Gasteiger partial charge in [0.25, 0.3) is 0 Å². The second-order valence-corrected chi connectivity index (χ2v) is 5.71. The standard InChI is InChI=1S/C18H19F2N3.HI/c19-15-5-7-17(20)14(10-15)8-9-22-18(21)23-16-6-4-12-2-1-3-13(12)11-16;/h4-7,10-11H,1-3,8-9H2,(H3,21,22,23);1H. The van der Waals surface area contributed by atoms with Crippen molar-refractivity contribution in [3.63, 3.8) is 0 Å². The number of hydrogen-bond acceptors (Lipinski definition) is 1. The van der Waals surface area contributed by atoms with Gasteiger partial charge in [-0.1, -0.05) is 6.07 Å². The van der Waals surface area contributed by atoms with Gasteiger partial charge in [-0.25, -0.2) is 8.78 Å². The molecule has 3 nitrogen and oxygen atoms in total. The molecule has 0 heterocycles. The number of aliphatic imine (C=N–C) groups is 1. The summed E-state index contributed by atoms with van der Waals surface area (Å²) >= 11 is 0. The predicted molar refractivity (Wildman–Crippen MR) is 104 cm³/mol. The molecule has 128 valence electrons. The number of nitrogens with two attached hydrogens (primary N) is 1. The van der Waals surface area contributed by atoms with Crippen LogP contribution < -0.4 is 11.1 Å². The number of nitrogens with one attached hydrogen (secondary N) is 1. The largest absolute Gasteiger partial charge is 0.370 e. The van der Waals surface area contributed by atoms with Gasteiger partial charge >= 0.3 is 0 Å².